The normalized spacial score (nSPS) is 10.4. The van der Waals surface area contributed by atoms with Crippen molar-refractivity contribution in [2.45, 2.75) is 6.92 Å². The van der Waals surface area contributed by atoms with Gasteiger partial charge in [-0.2, -0.15) is 0 Å². The van der Waals surface area contributed by atoms with E-state index in [1.807, 2.05) is 61.5 Å². The first kappa shape index (κ1) is 15.7. The first-order chi connectivity index (χ1) is 11.7. The molecular weight excluding hydrogens is 300 g/mol. The fourth-order valence-corrected chi connectivity index (χ4v) is 2.37. The molecule has 1 amide bonds. The Hall–Kier alpha value is -3.21. The minimum atomic E-state index is -0.209. The predicted molar refractivity (Wildman–Crippen MR) is 94.4 cm³/mol. The molecule has 0 atom stereocenters. The monoisotopic (exact) mass is 318 g/mol. The maximum atomic E-state index is 12.8. The third-order valence-electron chi connectivity index (χ3n) is 3.64. The summed E-state index contributed by atoms with van der Waals surface area (Å²) in [5.41, 5.74) is 3.12. The molecule has 1 aromatic heterocycles. The third-order valence-corrected chi connectivity index (χ3v) is 3.64. The lowest BCUT2D eigenvalue weighted by Gasteiger charge is -2.19. The number of aromatic nitrogens is 3. The zero-order chi connectivity index (χ0) is 16.9. The standard InChI is InChI=1S/C19H18N4O/c1-3-13-22(16-7-5-4-6-8-16)19(24)18-14-23(21-20-18)17-11-9-15(2)10-12-17/h3-12,14H,1,13H2,2H3. The van der Waals surface area contributed by atoms with Crippen LogP contribution in [0.5, 0.6) is 0 Å². The van der Waals surface area contributed by atoms with Crippen LogP contribution in [0.4, 0.5) is 5.69 Å². The summed E-state index contributed by atoms with van der Waals surface area (Å²) in [6, 6.07) is 17.3. The number of aryl methyl sites for hydroxylation is 1. The van der Waals surface area contributed by atoms with Gasteiger partial charge in [-0.15, -0.1) is 11.7 Å². The van der Waals surface area contributed by atoms with Gasteiger partial charge < -0.3 is 4.90 Å². The molecule has 0 fully saturated rings. The van der Waals surface area contributed by atoms with Crippen molar-refractivity contribution >= 4 is 11.6 Å². The number of carbonyl (C=O) groups is 1. The van der Waals surface area contributed by atoms with Crippen molar-refractivity contribution in [1.29, 1.82) is 0 Å². The summed E-state index contributed by atoms with van der Waals surface area (Å²) in [6.45, 7) is 6.15. The van der Waals surface area contributed by atoms with Gasteiger partial charge in [-0.3, -0.25) is 4.79 Å². The number of anilines is 1. The topological polar surface area (TPSA) is 51.0 Å². The molecule has 0 saturated heterocycles. The molecule has 5 heteroatoms. The molecule has 120 valence electrons. The van der Waals surface area contributed by atoms with E-state index in [-0.39, 0.29) is 5.91 Å². The van der Waals surface area contributed by atoms with Crippen LogP contribution < -0.4 is 4.90 Å². The summed E-state index contributed by atoms with van der Waals surface area (Å²) < 4.78 is 1.60. The molecule has 0 aliphatic rings. The summed E-state index contributed by atoms with van der Waals surface area (Å²) in [5, 5.41) is 8.10. The Bertz CT molecular complexity index is 837. The van der Waals surface area contributed by atoms with Crippen molar-refractivity contribution in [3.63, 3.8) is 0 Å². The second-order valence-corrected chi connectivity index (χ2v) is 5.42. The molecule has 0 aliphatic heterocycles. The summed E-state index contributed by atoms with van der Waals surface area (Å²) >= 11 is 0. The highest BCUT2D eigenvalue weighted by molar-refractivity contribution is 6.04. The third kappa shape index (κ3) is 3.25. The molecule has 0 radical (unpaired) electrons. The van der Waals surface area contributed by atoms with Gasteiger partial charge >= 0.3 is 0 Å². The second kappa shape index (κ2) is 6.91. The zero-order valence-electron chi connectivity index (χ0n) is 13.5. The number of hydrogen-bond donors (Lipinski definition) is 0. The molecular formula is C19H18N4O. The van der Waals surface area contributed by atoms with Crippen molar-refractivity contribution in [2.75, 3.05) is 11.4 Å². The number of hydrogen-bond acceptors (Lipinski definition) is 3. The fraction of sp³-hybridized carbons (Fsp3) is 0.105. The average molecular weight is 318 g/mol. The van der Waals surface area contributed by atoms with Gasteiger partial charge in [-0.1, -0.05) is 47.2 Å². The molecule has 0 unspecified atom stereocenters. The lowest BCUT2D eigenvalue weighted by Crippen LogP contribution is -2.31. The maximum Gasteiger partial charge on any atom is 0.280 e. The van der Waals surface area contributed by atoms with Crippen molar-refractivity contribution < 1.29 is 4.79 Å². The van der Waals surface area contributed by atoms with E-state index in [1.54, 1.807) is 21.9 Å². The molecule has 0 saturated carbocycles. The van der Waals surface area contributed by atoms with Crippen LogP contribution in [0.3, 0.4) is 0 Å². The van der Waals surface area contributed by atoms with Crippen molar-refractivity contribution in [2.24, 2.45) is 0 Å². The Morgan fingerprint density at radius 3 is 2.54 bits per heavy atom. The van der Waals surface area contributed by atoms with Crippen LogP contribution in [-0.2, 0) is 0 Å². The number of rotatable bonds is 5. The Morgan fingerprint density at radius 2 is 1.88 bits per heavy atom. The molecule has 2 aromatic carbocycles. The largest absolute Gasteiger partial charge is 0.303 e. The predicted octanol–water partition coefficient (Wildman–Crippen LogP) is 3.41. The van der Waals surface area contributed by atoms with Crippen LogP contribution in [0.2, 0.25) is 0 Å². The van der Waals surface area contributed by atoms with Crippen molar-refractivity contribution in [3.05, 3.63) is 84.7 Å². The van der Waals surface area contributed by atoms with Crippen LogP contribution >= 0.6 is 0 Å². The van der Waals surface area contributed by atoms with Crippen LogP contribution in [0, 0.1) is 6.92 Å². The number of amides is 1. The van der Waals surface area contributed by atoms with Gasteiger partial charge in [0.25, 0.3) is 5.91 Å². The number of nitrogens with zero attached hydrogens (tertiary/aromatic N) is 4. The highest BCUT2D eigenvalue weighted by Crippen LogP contribution is 2.16. The Balaban J connectivity index is 1.89. The van der Waals surface area contributed by atoms with Crippen LogP contribution in [0.15, 0.2) is 73.4 Å². The summed E-state index contributed by atoms with van der Waals surface area (Å²) in [7, 11) is 0. The Labute approximate surface area is 140 Å². The van der Waals surface area contributed by atoms with Gasteiger partial charge in [0.05, 0.1) is 11.9 Å². The van der Waals surface area contributed by atoms with Crippen molar-refractivity contribution in [3.8, 4) is 5.69 Å². The molecule has 24 heavy (non-hydrogen) atoms. The second-order valence-electron chi connectivity index (χ2n) is 5.42. The van der Waals surface area contributed by atoms with E-state index in [9.17, 15) is 4.79 Å². The first-order valence-electron chi connectivity index (χ1n) is 7.66. The van der Waals surface area contributed by atoms with E-state index in [1.165, 1.54) is 0 Å². The van der Waals surface area contributed by atoms with E-state index in [2.05, 4.69) is 16.9 Å². The number of carbonyl (C=O) groups excluding carboxylic acids is 1. The van der Waals surface area contributed by atoms with E-state index >= 15 is 0 Å². The van der Waals surface area contributed by atoms with Gasteiger partial charge in [0.2, 0.25) is 0 Å². The number of para-hydroxylation sites is 1. The van der Waals surface area contributed by atoms with E-state index < -0.39 is 0 Å². The number of benzene rings is 2. The Morgan fingerprint density at radius 1 is 1.17 bits per heavy atom. The highest BCUT2D eigenvalue weighted by Gasteiger charge is 2.20. The van der Waals surface area contributed by atoms with Gasteiger partial charge in [-0.25, -0.2) is 4.68 Å². The summed E-state index contributed by atoms with van der Waals surface area (Å²) in [5.74, 6) is -0.209. The molecule has 0 spiro atoms. The molecule has 3 aromatic rings. The average Bonchev–Trinajstić information content (AvgIpc) is 3.10. The van der Waals surface area contributed by atoms with Gasteiger partial charge in [0.1, 0.15) is 0 Å². The molecule has 0 bridgehead atoms. The Kier molecular flexibility index (Phi) is 4.52. The first-order valence-corrected chi connectivity index (χ1v) is 7.66. The van der Waals surface area contributed by atoms with Crippen LogP contribution in [0.1, 0.15) is 16.1 Å². The smallest absolute Gasteiger partial charge is 0.280 e. The van der Waals surface area contributed by atoms with Gasteiger partial charge in [-0.05, 0) is 31.2 Å². The van der Waals surface area contributed by atoms with Crippen LogP contribution in [0.25, 0.3) is 5.69 Å². The quantitative estimate of drug-likeness (QED) is 0.677. The lowest BCUT2D eigenvalue weighted by molar-refractivity contribution is 0.0985. The van der Waals surface area contributed by atoms with Gasteiger partial charge in [0.15, 0.2) is 5.69 Å². The molecule has 0 aliphatic carbocycles. The molecule has 5 nitrogen and oxygen atoms in total. The fourth-order valence-electron chi connectivity index (χ4n) is 2.37. The van der Waals surface area contributed by atoms with E-state index in [0.717, 1.165) is 16.9 Å². The minimum Gasteiger partial charge on any atom is -0.303 e. The minimum absolute atomic E-state index is 0.209. The van der Waals surface area contributed by atoms with Crippen molar-refractivity contribution in [1.82, 2.24) is 15.0 Å². The molecule has 3 rings (SSSR count). The van der Waals surface area contributed by atoms with E-state index in [4.69, 9.17) is 0 Å². The maximum absolute atomic E-state index is 12.8. The summed E-state index contributed by atoms with van der Waals surface area (Å²) in [4.78, 5) is 14.4. The zero-order valence-corrected chi connectivity index (χ0v) is 13.5. The SMILES string of the molecule is C=CCN(C(=O)c1cn(-c2ccc(C)cc2)nn1)c1ccccc1. The van der Waals surface area contributed by atoms with Crippen LogP contribution in [-0.4, -0.2) is 27.4 Å². The molecule has 1 heterocycles. The van der Waals surface area contributed by atoms with Gasteiger partial charge in [0, 0.05) is 12.2 Å². The lowest BCUT2D eigenvalue weighted by atomic mass is 10.2. The summed E-state index contributed by atoms with van der Waals surface area (Å²) in [6.07, 6.45) is 3.33. The highest BCUT2D eigenvalue weighted by atomic mass is 16.2. The molecule has 0 N–H and O–H groups in total. The van der Waals surface area contributed by atoms with E-state index in [0.29, 0.717) is 12.2 Å².